The number of nitrogens with one attached hydrogen (secondary N) is 1. The van der Waals surface area contributed by atoms with E-state index in [2.05, 4.69) is 5.32 Å². The van der Waals surface area contributed by atoms with Crippen LogP contribution in [0, 0.1) is 6.92 Å². The Labute approximate surface area is 265 Å². The maximum atomic E-state index is 14.5. The summed E-state index contributed by atoms with van der Waals surface area (Å²) in [7, 11) is -4.15. The van der Waals surface area contributed by atoms with Crippen molar-refractivity contribution in [2.75, 3.05) is 10.8 Å². The van der Waals surface area contributed by atoms with Gasteiger partial charge < -0.3 is 10.2 Å². The molecule has 0 bridgehead atoms. The highest BCUT2D eigenvalue weighted by Crippen LogP contribution is 2.26. The molecule has 0 radical (unpaired) electrons. The summed E-state index contributed by atoms with van der Waals surface area (Å²) in [5.74, 6) is -0.899. The van der Waals surface area contributed by atoms with E-state index in [0.717, 1.165) is 15.4 Å². The summed E-state index contributed by atoms with van der Waals surface area (Å²) in [4.78, 5) is 29.9. The molecule has 230 valence electrons. The first-order valence-electron chi connectivity index (χ1n) is 14.4. The molecule has 0 heterocycles. The van der Waals surface area contributed by atoms with Gasteiger partial charge in [-0.15, -0.1) is 0 Å². The lowest BCUT2D eigenvalue weighted by molar-refractivity contribution is -0.140. The van der Waals surface area contributed by atoms with Crippen LogP contribution in [0.5, 0.6) is 0 Å². The van der Waals surface area contributed by atoms with Crippen molar-refractivity contribution >= 4 is 39.1 Å². The van der Waals surface area contributed by atoms with Crippen LogP contribution in [0.15, 0.2) is 114 Å². The van der Waals surface area contributed by atoms with E-state index in [1.54, 1.807) is 60.7 Å². The predicted octanol–water partition coefficient (Wildman–Crippen LogP) is 6.40. The van der Waals surface area contributed by atoms with Crippen LogP contribution in [0.2, 0.25) is 5.02 Å². The largest absolute Gasteiger partial charge is 0.350 e. The van der Waals surface area contributed by atoms with E-state index in [9.17, 15) is 18.0 Å². The molecule has 4 aromatic rings. The van der Waals surface area contributed by atoms with Crippen LogP contribution < -0.4 is 9.62 Å². The number of halogens is 1. The molecule has 0 aliphatic heterocycles. The molecule has 7 nitrogen and oxygen atoms in total. The first-order chi connectivity index (χ1) is 20.8. The number of amides is 2. The highest BCUT2D eigenvalue weighted by Gasteiger charge is 2.35. The Morgan fingerprint density at radius 1 is 0.818 bits per heavy atom. The third-order valence-electron chi connectivity index (χ3n) is 7.00. The minimum Gasteiger partial charge on any atom is -0.350 e. The fraction of sp³-hybridized carbons (Fsp3) is 0.257. The lowest BCUT2D eigenvalue weighted by atomic mass is 10.0. The number of nitrogens with zero attached hydrogens (tertiary/aromatic N) is 2. The third-order valence-corrected chi connectivity index (χ3v) is 9.16. The molecule has 44 heavy (non-hydrogen) atoms. The second-order valence-electron chi connectivity index (χ2n) is 11.7. The van der Waals surface area contributed by atoms with Crippen molar-refractivity contribution in [3.8, 4) is 0 Å². The van der Waals surface area contributed by atoms with Crippen molar-refractivity contribution < 1.29 is 18.0 Å². The molecular weight excluding hydrogens is 594 g/mol. The fourth-order valence-corrected chi connectivity index (χ4v) is 6.39. The van der Waals surface area contributed by atoms with Crippen molar-refractivity contribution in [3.63, 3.8) is 0 Å². The predicted molar refractivity (Wildman–Crippen MR) is 176 cm³/mol. The topological polar surface area (TPSA) is 86.8 Å². The zero-order valence-electron chi connectivity index (χ0n) is 25.4. The number of hydrogen-bond acceptors (Lipinski definition) is 4. The van der Waals surface area contributed by atoms with Crippen molar-refractivity contribution in [2.45, 2.75) is 57.1 Å². The molecular formula is C35H38ClN3O4S. The summed E-state index contributed by atoms with van der Waals surface area (Å²) in [6, 6.07) is 30.6. The Kier molecular flexibility index (Phi) is 10.5. The van der Waals surface area contributed by atoms with Gasteiger partial charge >= 0.3 is 0 Å². The van der Waals surface area contributed by atoms with E-state index < -0.39 is 34.1 Å². The molecule has 0 aliphatic carbocycles. The van der Waals surface area contributed by atoms with E-state index in [1.165, 1.54) is 17.0 Å². The van der Waals surface area contributed by atoms with Crippen molar-refractivity contribution in [3.05, 3.63) is 131 Å². The van der Waals surface area contributed by atoms with Crippen LogP contribution in [-0.4, -0.2) is 43.3 Å². The average Bonchev–Trinajstić information content (AvgIpc) is 2.98. The quantitative estimate of drug-likeness (QED) is 0.208. The molecule has 0 aliphatic rings. The normalized spacial score (nSPS) is 12.3. The highest BCUT2D eigenvalue weighted by molar-refractivity contribution is 7.92. The minimum absolute atomic E-state index is 0.000773. The van der Waals surface area contributed by atoms with Crippen LogP contribution in [0.3, 0.4) is 0 Å². The summed E-state index contributed by atoms with van der Waals surface area (Å²) in [6.07, 6.45) is 0.217. The molecule has 4 rings (SSSR count). The van der Waals surface area contributed by atoms with Gasteiger partial charge in [0.15, 0.2) is 0 Å². The monoisotopic (exact) mass is 631 g/mol. The Balaban J connectivity index is 1.81. The van der Waals surface area contributed by atoms with Gasteiger partial charge in [0.1, 0.15) is 12.6 Å². The Morgan fingerprint density at radius 3 is 1.98 bits per heavy atom. The molecule has 0 aromatic heterocycles. The molecule has 0 saturated carbocycles. The SMILES string of the molecule is Cc1ccc(S(=O)(=O)N(CC(=O)N(Cc2ccccc2Cl)C(Cc2ccccc2)C(=O)NC(C)(C)C)c2ccccc2)cc1. The smallest absolute Gasteiger partial charge is 0.264 e. The molecule has 2 amide bonds. The molecule has 1 unspecified atom stereocenters. The standard InChI is InChI=1S/C35H38ClN3O4S/c1-26-19-21-30(22-20-26)44(42,43)39(29-16-9-6-10-17-29)25-33(40)38(24-28-15-11-12-18-31(28)36)32(34(41)37-35(2,3)4)23-27-13-7-5-8-14-27/h5-22,32H,23-25H2,1-4H3,(H,37,41). The Hall–Kier alpha value is -4.14. The van der Waals surface area contributed by atoms with Gasteiger partial charge in [-0.05, 0) is 69.2 Å². The molecule has 1 atom stereocenters. The minimum atomic E-state index is -4.15. The zero-order valence-corrected chi connectivity index (χ0v) is 27.0. The van der Waals surface area contributed by atoms with Gasteiger partial charge in [0.05, 0.1) is 10.6 Å². The number of anilines is 1. The number of aryl methyl sites for hydroxylation is 1. The lowest BCUT2D eigenvalue weighted by Gasteiger charge is -2.35. The van der Waals surface area contributed by atoms with E-state index >= 15 is 0 Å². The number of rotatable bonds is 11. The summed E-state index contributed by atoms with van der Waals surface area (Å²) >= 11 is 6.55. The summed E-state index contributed by atoms with van der Waals surface area (Å²) in [5.41, 5.74) is 2.15. The van der Waals surface area contributed by atoms with E-state index in [1.807, 2.05) is 64.1 Å². The van der Waals surface area contributed by atoms with Crippen LogP contribution in [0.1, 0.15) is 37.5 Å². The van der Waals surface area contributed by atoms with Crippen LogP contribution >= 0.6 is 11.6 Å². The van der Waals surface area contributed by atoms with Gasteiger partial charge in [-0.25, -0.2) is 8.42 Å². The fourth-order valence-electron chi connectivity index (χ4n) is 4.78. The third kappa shape index (κ3) is 8.49. The first-order valence-corrected chi connectivity index (χ1v) is 16.2. The molecule has 1 N–H and O–H groups in total. The number of hydrogen-bond donors (Lipinski definition) is 1. The number of para-hydroxylation sites is 1. The van der Waals surface area contributed by atoms with E-state index in [-0.39, 0.29) is 23.8 Å². The number of carbonyl (C=O) groups excluding carboxylic acids is 2. The zero-order chi connectivity index (χ0) is 31.9. The van der Waals surface area contributed by atoms with Gasteiger partial charge in [0.25, 0.3) is 10.0 Å². The van der Waals surface area contributed by atoms with Crippen LogP contribution in [0.4, 0.5) is 5.69 Å². The van der Waals surface area contributed by atoms with Crippen LogP contribution in [0.25, 0.3) is 0 Å². The second kappa shape index (κ2) is 14.1. The Morgan fingerprint density at radius 2 is 1.39 bits per heavy atom. The molecule has 0 fully saturated rings. The molecule has 4 aromatic carbocycles. The van der Waals surface area contributed by atoms with Gasteiger partial charge in [-0.2, -0.15) is 0 Å². The van der Waals surface area contributed by atoms with Gasteiger partial charge in [0, 0.05) is 23.5 Å². The van der Waals surface area contributed by atoms with Gasteiger partial charge in [-0.3, -0.25) is 13.9 Å². The first kappa shape index (κ1) is 32.8. The number of sulfonamides is 1. The van der Waals surface area contributed by atoms with Crippen molar-refractivity contribution in [1.82, 2.24) is 10.2 Å². The number of carbonyl (C=O) groups is 2. The average molecular weight is 632 g/mol. The summed E-state index contributed by atoms with van der Waals surface area (Å²) < 4.78 is 29.2. The lowest BCUT2D eigenvalue weighted by Crippen LogP contribution is -2.56. The maximum absolute atomic E-state index is 14.5. The van der Waals surface area contributed by atoms with Crippen molar-refractivity contribution in [1.29, 1.82) is 0 Å². The van der Waals surface area contributed by atoms with Crippen LogP contribution in [-0.2, 0) is 32.6 Å². The molecule has 0 spiro atoms. The van der Waals surface area contributed by atoms with Gasteiger partial charge in [0.2, 0.25) is 11.8 Å². The highest BCUT2D eigenvalue weighted by atomic mass is 35.5. The van der Waals surface area contributed by atoms with E-state index in [0.29, 0.717) is 16.3 Å². The van der Waals surface area contributed by atoms with Gasteiger partial charge in [-0.1, -0.05) is 96.0 Å². The summed E-state index contributed by atoms with van der Waals surface area (Å²) in [5, 5.41) is 3.46. The summed E-state index contributed by atoms with van der Waals surface area (Å²) in [6.45, 7) is 6.96. The van der Waals surface area contributed by atoms with Crippen molar-refractivity contribution in [2.24, 2.45) is 0 Å². The molecule has 9 heteroatoms. The maximum Gasteiger partial charge on any atom is 0.264 e. The number of benzene rings is 4. The Bertz CT molecular complexity index is 1670. The molecule has 0 saturated heterocycles. The second-order valence-corrected chi connectivity index (χ2v) is 14.0. The van der Waals surface area contributed by atoms with E-state index in [4.69, 9.17) is 11.6 Å².